The van der Waals surface area contributed by atoms with E-state index in [0.717, 1.165) is 25.7 Å². The van der Waals surface area contributed by atoms with Crippen LogP contribution in [0.15, 0.2) is 21.9 Å². The largest absolute Gasteiger partial charge is 0.396 e. The van der Waals surface area contributed by atoms with Crippen LogP contribution in [-0.2, 0) is 13.1 Å². The molecular formula is C13H23N3O3. The normalized spacial score (nSPS) is 10.8. The molecule has 1 heterocycles. The van der Waals surface area contributed by atoms with Crippen molar-refractivity contribution in [1.29, 1.82) is 0 Å². The van der Waals surface area contributed by atoms with E-state index in [0.29, 0.717) is 26.1 Å². The van der Waals surface area contributed by atoms with Gasteiger partial charge in [0.15, 0.2) is 0 Å². The summed E-state index contributed by atoms with van der Waals surface area (Å²) in [6, 6.07) is 1.42. The van der Waals surface area contributed by atoms with Crippen LogP contribution in [0.2, 0.25) is 0 Å². The second-order valence-electron chi connectivity index (χ2n) is 4.56. The number of rotatable bonds is 9. The van der Waals surface area contributed by atoms with Gasteiger partial charge < -0.3 is 15.4 Å². The molecule has 1 aromatic rings. The Morgan fingerprint density at radius 1 is 1.05 bits per heavy atom. The first kappa shape index (κ1) is 15.7. The molecule has 0 radical (unpaired) electrons. The monoisotopic (exact) mass is 269 g/mol. The van der Waals surface area contributed by atoms with Crippen molar-refractivity contribution < 1.29 is 5.11 Å². The molecule has 0 bridgehead atoms. The summed E-state index contributed by atoms with van der Waals surface area (Å²) in [7, 11) is 0. The van der Waals surface area contributed by atoms with E-state index in [4.69, 9.17) is 10.8 Å². The highest BCUT2D eigenvalue weighted by molar-refractivity contribution is 4.86. The number of nitrogens with zero attached hydrogens (tertiary/aromatic N) is 2. The third kappa shape index (κ3) is 5.00. The number of nitrogens with two attached hydrogens (primary N) is 1. The average Bonchev–Trinajstić information content (AvgIpc) is 2.41. The summed E-state index contributed by atoms with van der Waals surface area (Å²) >= 11 is 0. The van der Waals surface area contributed by atoms with Gasteiger partial charge in [0.1, 0.15) is 0 Å². The van der Waals surface area contributed by atoms with Gasteiger partial charge in [0.2, 0.25) is 0 Å². The fourth-order valence-electron chi connectivity index (χ4n) is 1.93. The van der Waals surface area contributed by atoms with Crippen molar-refractivity contribution in [3.63, 3.8) is 0 Å². The molecule has 1 aromatic heterocycles. The lowest BCUT2D eigenvalue weighted by Crippen LogP contribution is -2.39. The summed E-state index contributed by atoms with van der Waals surface area (Å²) < 4.78 is 2.80. The van der Waals surface area contributed by atoms with Crippen LogP contribution in [0, 0.1) is 0 Å². The van der Waals surface area contributed by atoms with Crippen molar-refractivity contribution >= 4 is 0 Å². The van der Waals surface area contributed by atoms with Crippen LogP contribution in [0.1, 0.15) is 32.1 Å². The average molecular weight is 269 g/mol. The first-order chi connectivity index (χ1) is 9.20. The maximum absolute atomic E-state index is 12.1. The van der Waals surface area contributed by atoms with Gasteiger partial charge in [-0.25, -0.2) is 4.79 Å². The quantitative estimate of drug-likeness (QED) is 0.613. The van der Waals surface area contributed by atoms with Gasteiger partial charge in [0.25, 0.3) is 5.56 Å². The summed E-state index contributed by atoms with van der Waals surface area (Å²) in [5, 5.41) is 8.67. The summed E-state index contributed by atoms with van der Waals surface area (Å²) in [5.74, 6) is 0. The Balaban J connectivity index is 2.64. The standard InChI is InChI=1S/C13H23N3O3/c14-7-5-9-16-12(18)6-10-15(13(16)19)8-3-1-2-4-11-17/h6,10,17H,1-5,7-9,11,14H2. The first-order valence-electron chi connectivity index (χ1n) is 6.82. The van der Waals surface area contributed by atoms with Crippen LogP contribution in [0.4, 0.5) is 0 Å². The van der Waals surface area contributed by atoms with Gasteiger partial charge in [-0.05, 0) is 25.8 Å². The van der Waals surface area contributed by atoms with Crippen LogP contribution < -0.4 is 17.0 Å². The Bertz CT molecular complexity index is 479. The summed E-state index contributed by atoms with van der Waals surface area (Å²) in [6.45, 7) is 1.65. The number of aromatic nitrogens is 2. The molecule has 19 heavy (non-hydrogen) atoms. The van der Waals surface area contributed by atoms with Gasteiger partial charge in [-0.15, -0.1) is 0 Å². The molecule has 0 aliphatic heterocycles. The van der Waals surface area contributed by atoms with E-state index in [2.05, 4.69) is 0 Å². The van der Waals surface area contributed by atoms with Crippen LogP contribution in [0.3, 0.4) is 0 Å². The van der Waals surface area contributed by atoms with Gasteiger partial charge in [-0.1, -0.05) is 12.8 Å². The number of hydrogen-bond acceptors (Lipinski definition) is 4. The Hall–Kier alpha value is -1.40. The van der Waals surface area contributed by atoms with Gasteiger partial charge in [-0.3, -0.25) is 9.36 Å². The summed E-state index contributed by atoms with van der Waals surface area (Å²) in [4.78, 5) is 23.7. The van der Waals surface area contributed by atoms with E-state index in [-0.39, 0.29) is 17.9 Å². The maximum atomic E-state index is 12.1. The molecule has 108 valence electrons. The van der Waals surface area contributed by atoms with Crippen LogP contribution in [-0.4, -0.2) is 27.4 Å². The zero-order valence-corrected chi connectivity index (χ0v) is 11.3. The highest BCUT2D eigenvalue weighted by Crippen LogP contribution is 2.00. The Morgan fingerprint density at radius 3 is 2.47 bits per heavy atom. The Labute approximate surface area is 112 Å². The third-order valence-corrected chi connectivity index (χ3v) is 3.03. The third-order valence-electron chi connectivity index (χ3n) is 3.03. The highest BCUT2D eigenvalue weighted by atomic mass is 16.3. The van der Waals surface area contributed by atoms with Crippen LogP contribution >= 0.6 is 0 Å². The first-order valence-corrected chi connectivity index (χ1v) is 6.82. The van der Waals surface area contributed by atoms with Gasteiger partial charge in [0.05, 0.1) is 0 Å². The number of hydrogen-bond donors (Lipinski definition) is 2. The predicted molar refractivity (Wildman–Crippen MR) is 74.2 cm³/mol. The van der Waals surface area contributed by atoms with Crippen molar-refractivity contribution in [3.8, 4) is 0 Å². The van der Waals surface area contributed by atoms with E-state index < -0.39 is 0 Å². The maximum Gasteiger partial charge on any atom is 0.330 e. The number of aliphatic hydroxyl groups excluding tert-OH is 1. The molecule has 0 fully saturated rings. The summed E-state index contributed by atoms with van der Waals surface area (Å²) in [5.41, 5.74) is 4.87. The minimum atomic E-state index is -0.269. The molecule has 6 nitrogen and oxygen atoms in total. The molecule has 0 aliphatic carbocycles. The van der Waals surface area contributed by atoms with Crippen molar-refractivity contribution in [2.75, 3.05) is 13.2 Å². The zero-order chi connectivity index (χ0) is 14.1. The lowest BCUT2D eigenvalue weighted by Gasteiger charge is -2.09. The molecule has 6 heteroatoms. The molecule has 0 saturated carbocycles. The molecule has 0 spiro atoms. The number of aryl methyl sites for hydroxylation is 1. The van der Waals surface area contributed by atoms with E-state index in [1.54, 1.807) is 10.8 Å². The lowest BCUT2D eigenvalue weighted by molar-refractivity contribution is 0.282. The van der Waals surface area contributed by atoms with Crippen molar-refractivity contribution in [1.82, 2.24) is 9.13 Å². The van der Waals surface area contributed by atoms with Crippen molar-refractivity contribution in [2.45, 2.75) is 45.2 Å². The second kappa shape index (κ2) is 8.66. The fourth-order valence-corrected chi connectivity index (χ4v) is 1.93. The van der Waals surface area contributed by atoms with Crippen molar-refractivity contribution in [2.24, 2.45) is 5.73 Å². The fraction of sp³-hybridized carbons (Fsp3) is 0.692. The molecular weight excluding hydrogens is 246 g/mol. The van der Waals surface area contributed by atoms with E-state index >= 15 is 0 Å². The predicted octanol–water partition coefficient (Wildman–Crippen LogP) is -0.0885. The topological polar surface area (TPSA) is 90.2 Å². The SMILES string of the molecule is NCCCn1c(=O)ccn(CCCCCCO)c1=O. The minimum Gasteiger partial charge on any atom is -0.396 e. The number of unbranched alkanes of at least 4 members (excludes halogenated alkanes) is 3. The Morgan fingerprint density at radius 2 is 1.79 bits per heavy atom. The minimum absolute atomic E-state index is 0.212. The van der Waals surface area contributed by atoms with Crippen LogP contribution in [0.5, 0.6) is 0 Å². The van der Waals surface area contributed by atoms with E-state index in [1.165, 1.54) is 10.6 Å². The van der Waals surface area contributed by atoms with Crippen LogP contribution in [0.25, 0.3) is 0 Å². The molecule has 0 atom stereocenters. The molecule has 0 unspecified atom stereocenters. The molecule has 0 aliphatic rings. The Kier molecular flexibility index (Phi) is 7.14. The summed E-state index contributed by atoms with van der Waals surface area (Å²) in [6.07, 6.45) is 5.76. The zero-order valence-electron chi connectivity index (χ0n) is 11.3. The van der Waals surface area contributed by atoms with Gasteiger partial charge >= 0.3 is 5.69 Å². The molecule has 1 rings (SSSR count). The van der Waals surface area contributed by atoms with E-state index in [1.807, 2.05) is 0 Å². The van der Waals surface area contributed by atoms with E-state index in [9.17, 15) is 9.59 Å². The van der Waals surface area contributed by atoms with Gasteiger partial charge in [0, 0.05) is 32.0 Å². The lowest BCUT2D eigenvalue weighted by atomic mass is 10.2. The molecule has 0 aromatic carbocycles. The highest BCUT2D eigenvalue weighted by Gasteiger charge is 2.04. The smallest absolute Gasteiger partial charge is 0.330 e. The van der Waals surface area contributed by atoms with Crippen molar-refractivity contribution in [3.05, 3.63) is 33.1 Å². The second-order valence-corrected chi connectivity index (χ2v) is 4.56. The van der Waals surface area contributed by atoms with Gasteiger partial charge in [-0.2, -0.15) is 0 Å². The molecule has 3 N–H and O–H groups in total. The number of aliphatic hydroxyl groups is 1. The molecule has 0 amide bonds. The molecule has 0 saturated heterocycles.